The van der Waals surface area contributed by atoms with Gasteiger partial charge in [-0.05, 0) is 43.5 Å². The summed E-state index contributed by atoms with van der Waals surface area (Å²) in [5.74, 6) is 1.42. The fourth-order valence-corrected chi connectivity index (χ4v) is 2.78. The van der Waals surface area contributed by atoms with Crippen molar-refractivity contribution in [2.24, 2.45) is 11.8 Å². The van der Waals surface area contributed by atoms with Gasteiger partial charge in [-0.25, -0.2) is 0 Å². The summed E-state index contributed by atoms with van der Waals surface area (Å²) in [6, 6.07) is 4.13. The number of thiophene rings is 1. The maximum atomic E-state index is 5.91. The summed E-state index contributed by atoms with van der Waals surface area (Å²) >= 11 is 7.62. The van der Waals surface area contributed by atoms with Crippen LogP contribution in [-0.2, 0) is 6.42 Å². The van der Waals surface area contributed by atoms with Crippen LogP contribution in [0.3, 0.4) is 0 Å². The standard InChI is InChI=1S/C12H20ClNS/c1-4-14-8-10(3)9(2)7-11-5-6-12(13)15-11/h5-6,9-10,14H,4,7-8H2,1-3H3. The predicted molar refractivity (Wildman–Crippen MR) is 69.9 cm³/mol. The molecule has 0 spiro atoms. The van der Waals surface area contributed by atoms with Crippen LogP contribution in [0.5, 0.6) is 0 Å². The average molecular weight is 246 g/mol. The highest BCUT2D eigenvalue weighted by Crippen LogP contribution is 2.25. The highest BCUT2D eigenvalue weighted by molar-refractivity contribution is 7.16. The van der Waals surface area contributed by atoms with Crippen LogP contribution in [0.25, 0.3) is 0 Å². The first kappa shape index (κ1) is 13.0. The Labute approximate surface area is 102 Å². The first-order valence-corrected chi connectivity index (χ1v) is 6.77. The molecule has 86 valence electrons. The quantitative estimate of drug-likeness (QED) is 0.804. The van der Waals surface area contributed by atoms with Gasteiger partial charge in [0.05, 0.1) is 4.34 Å². The Morgan fingerprint density at radius 1 is 1.33 bits per heavy atom. The van der Waals surface area contributed by atoms with Crippen LogP contribution in [0.1, 0.15) is 25.6 Å². The molecule has 1 nitrogen and oxygen atoms in total. The van der Waals surface area contributed by atoms with Crippen LogP contribution in [0, 0.1) is 11.8 Å². The maximum absolute atomic E-state index is 5.91. The maximum Gasteiger partial charge on any atom is 0.0931 e. The lowest BCUT2D eigenvalue weighted by molar-refractivity contribution is 0.370. The molecule has 1 N–H and O–H groups in total. The van der Waals surface area contributed by atoms with Gasteiger partial charge in [0.15, 0.2) is 0 Å². The lowest BCUT2D eigenvalue weighted by Crippen LogP contribution is -2.25. The largest absolute Gasteiger partial charge is 0.317 e. The van der Waals surface area contributed by atoms with E-state index in [0.29, 0.717) is 11.8 Å². The van der Waals surface area contributed by atoms with Crippen molar-refractivity contribution < 1.29 is 0 Å². The van der Waals surface area contributed by atoms with Crippen molar-refractivity contribution in [3.8, 4) is 0 Å². The topological polar surface area (TPSA) is 12.0 Å². The molecule has 0 aromatic carbocycles. The number of rotatable bonds is 6. The minimum Gasteiger partial charge on any atom is -0.317 e. The molecule has 0 aliphatic heterocycles. The minimum atomic E-state index is 0.707. The van der Waals surface area contributed by atoms with E-state index < -0.39 is 0 Å². The molecule has 0 radical (unpaired) electrons. The summed E-state index contributed by atoms with van der Waals surface area (Å²) in [5.41, 5.74) is 0. The van der Waals surface area contributed by atoms with Gasteiger partial charge in [0, 0.05) is 4.88 Å². The summed E-state index contributed by atoms with van der Waals surface area (Å²) in [7, 11) is 0. The summed E-state index contributed by atoms with van der Waals surface area (Å²) in [6.07, 6.45) is 1.14. The highest BCUT2D eigenvalue weighted by Gasteiger charge is 2.13. The lowest BCUT2D eigenvalue weighted by Gasteiger charge is -2.19. The van der Waals surface area contributed by atoms with Crippen LogP contribution in [-0.4, -0.2) is 13.1 Å². The summed E-state index contributed by atoms with van der Waals surface area (Å²) in [4.78, 5) is 1.40. The smallest absolute Gasteiger partial charge is 0.0931 e. The molecule has 0 fully saturated rings. The third-order valence-electron chi connectivity index (χ3n) is 2.84. The van der Waals surface area contributed by atoms with E-state index in [1.54, 1.807) is 11.3 Å². The van der Waals surface area contributed by atoms with E-state index in [1.165, 1.54) is 4.88 Å². The summed E-state index contributed by atoms with van der Waals surface area (Å²) in [6.45, 7) is 8.94. The van der Waals surface area contributed by atoms with Crippen molar-refractivity contribution in [2.75, 3.05) is 13.1 Å². The van der Waals surface area contributed by atoms with Crippen molar-refractivity contribution in [1.82, 2.24) is 5.32 Å². The number of hydrogen-bond donors (Lipinski definition) is 1. The van der Waals surface area contributed by atoms with E-state index in [4.69, 9.17) is 11.6 Å². The van der Waals surface area contributed by atoms with Crippen molar-refractivity contribution in [1.29, 1.82) is 0 Å². The Balaban J connectivity index is 2.37. The minimum absolute atomic E-state index is 0.707. The van der Waals surface area contributed by atoms with Gasteiger partial charge < -0.3 is 5.32 Å². The molecule has 0 bridgehead atoms. The molecule has 2 atom stereocenters. The van der Waals surface area contributed by atoms with Crippen molar-refractivity contribution in [2.45, 2.75) is 27.2 Å². The molecule has 0 saturated heterocycles. The van der Waals surface area contributed by atoms with Crippen LogP contribution in [0.15, 0.2) is 12.1 Å². The number of halogens is 1. The first-order chi connectivity index (χ1) is 7.13. The van der Waals surface area contributed by atoms with E-state index in [2.05, 4.69) is 32.2 Å². The monoisotopic (exact) mass is 245 g/mol. The third kappa shape index (κ3) is 4.54. The molecule has 0 aliphatic rings. The van der Waals surface area contributed by atoms with E-state index >= 15 is 0 Å². The van der Waals surface area contributed by atoms with Crippen LogP contribution in [0.4, 0.5) is 0 Å². The van der Waals surface area contributed by atoms with Gasteiger partial charge in [-0.3, -0.25) is 0 Å². The normalized spacial score (nSPS) is 15.2. The first-order valence-electron chi connectivity index (χ1n) is 5.58. The van der Waals surface area contributed by atoms with E-state index in [-0.39, 0.29) is 0 Å². The zero-order chi connectivity index (χ0) is 11.3. The van der Waals surface area contributed by atoms with Crippen LogP contribution in [0.2, 0.25) is 4.34 Å². The van der Waals surface area contributed by atoms with Gasteiger partial charge in [-0.15, -0.1) is 11.3 Å². The van der Waals surface area contributed by atoms with Gasteiger partial charge >= 0.3 is 0 Å². The molecule has 1 aromatic heterocycles. The van der Waals surface area contributed by atoms with E-state index in [9.17, 15) is 0 Å². The molecule has 2 unspecified atom stereocenters. The predicted octanol–water partition coefficient (Wildman–Crippen LogP) is 3.83. The Kier molecular flexibility index (Phi) is 5.65. The van der Waals surface area contributed by atoms with Gasteiger partial charge in [-0.2, -0.15) is 0 Å². The lowest BCUT2D eigenvalue weighted by atomic mass is 9.92. The second kappa shape index (κ2) is 6.51. The zero-order valence-corrected chi connectivity index (χ0v) is 11.3. The van der Waals surface area contributed by atoms with E-state index in [1.807, 2.05) is 6.07 Å². The second-order valence-corrected chi connectivity index (χ2v) is 5.97. The molecular weight excluding hydrogens is 226 g/mol. The Hall–Kier alpha value is -0.0500. The van der Waals surface area contributed by atoms with Gasteiger partial charge in [0.25, 0.3) is 0 Å². The van der Waals surface area contributed by atoms with Crippen molar-refractivity contribution in [3.05, 3.63) is 21.3 Å². The second-order valence-electron chi connectivity index (χ2n) is 4.17. The summed E-state index contributed by atoms with van der Waals surface area (Å²) in [5, 5.41) is 3.40. The Bertz CT molecular complexity index is 285. The summed E-state index contributed by atoms with van der Waals surface area (Å²) < 4.78 is 0.900. The molecule has 1 heterocycles. The van der Waals surface area contributed by atoms with Gasteiger partial charge in [0.2, 0.25) is 0 Å². The third-order valence-corrected chi connectivity index (χ3v) is 4.09. The molecule has 0 aliphatic carbocycles. The van der Waals surface area contributed by atoms with E-state index in [0.717, 1.165) is 23.8 Å². The zero-order valence-electron chi connectivity index (χ0n) is 9.72. The van der Waals surface area contributed by atoms with Crippen molar-refractivity contribution in [3.63, 3.8) is 0 Å². The van der Waals surface area contributed by atoms with Gasteiger partial charge in [0.1, 0.15) is 0 Å². The SMILES string of the molecule is CCNCC(C)C(C)Cc1ccc(Cl)s1. The highest BCUT2D eigenvalue weighted by atomic mass is 35.5. The molecule has 0 saturated carbocycles. The molecule has 15 heavy (non-hydrogen) atoms. The fourth-order valence-electron chi connectivity index (χ4n) is 1.55. The number of hydrogen-bond acceptors (Lipinski definition) is 2. The molecule has 0 amide bonds. The Morgan fingerprint density at radius 2 is 2.07 bits per heavy atom. The number of nitrogens with one attached hydrogen (secondary N) is 1. The van der Waals surface area contributed by atoms with Gasteiger partial charge in [-0.1, -0.05) is 32.4 Å². The van der Waals surface area contributed by atoms with Crippen LogP contribution < -0.4 is 5.32 Å². The molecule has 1 aromatic rings. The van der Waals surface area contributed by atoms with Crippen LogP contribution >= 0.6 is 22.9 Å². The molecule has 3 heteroatoms. The Morgan fingerprint density at radius 3 is 2.60 bits per heavy atom. The fraction of sp³-hybridized carbons (Fsp3) is 0.667. The molecular formula is C12H20ClNS. The molecule has 1 rings (SSSR count). The average Bonchev–Trinajstić information content (AvgIpc) is 2.60. The van der Waals surface area contributed by atoms with Crippen molar-refractivity contribution >= 4 is 22.9 Å².